The van der Waals surface area contributed by atoms with Crippen molar-refractivity contribution in [3.05, 3.63) is 54.1 Å². The van der Waals surface area contributed by atoms with Crippen LogP contribution in [0.2, 0.25) is 5.02 Å². The summed E-state index contributed by atoms with van der Waals surface area (Å²) in [5, 5.41) is 10.8. The SMILES string of the molecule is C=CCOC(=O)[C@@H]1[C@@H]2CC(C)C3(S2)C(C(=O)N(CC=C)c2c(C)cccc2Cl)N([C@@H](CO)CC(C)C)C(=O)[C@H]13. The number of anilines is 1. The molecule has 7 nitrogen and oxygen atoms in total. The van der Waals surface area contributed by atoms with E-state index in [0.29, 0.717) is 23.6 Å². The number of rotatable bonds is 11. The van der Waals surface area contributed by atoms with Crippen LogP contribution < -0.4 is 4.90 Å². The number of esters is 1. The Morgan fingerprint density at radius 1 is 1.33 bits per heavy atom. The predicted molar refractivity (Wildman–Crippen MR) is 156 cm³/mol. The van der Waals surface area contributed by atoms with E-state index >= 15 is 0 Å². The number of fused-ring (bicyclic) bond motifs is 1. The third-order valence-corrected chi connectivity index (χ3v) is 10.8. The van der Waals surface area contributed by atoms with Gasteiger partial charge in [0.05, 0.1) is 39.9 Å². The number of carbonyl (C=O) groups is 3. The minimum atomic E-state index is -0.885. The van der Waals surface area contributed by atoms with E-state index in [1.54, 1.807) is 33.7 Å². The van der Waals surface area contributed by atoms with Gasteiger partial charge in [-0.3, -0.25) is 14.4 Å². The maximum absolute atomic E-state index is 14.8. The van der Waals surface area contributed by atoms with Crippen LogP contribution >= 0.6 is 23.4 Å². The Bertz CT molecular complexity index is 1140. The first-order chi connectivity index (χ1) is 18.5. The van der Waals surface area contributed by atoms with Crippen molar-refractivity contribution in [3.63, 3.8) is 0 Å². The molecule has 3 heterocycles. The van der Waals surface area contributed by atoms with Crippen LogP contribution in [-0.2, 0) is 19.1 Å². The maximum Gasteiger partial charge on any atom is 0.311 e. The highest BCUT2D eigenvalue weighted by Gasteiger charge is 2.77. The molecule has 3 fully saturated rings. The van der Waals surface area contributed by atoms with Gasteiger partial charge in [-0.1, -0.05) is 63.2 Å². The standard InChI is InChI=1S/C30H39ClN2O5S/c1-7-12-32(25-18(5)10-9-11-21(25)31)28(36)26-30-19(6)15-22(39-30)23(29(37)38-13-8-2)24(30)27(35)33(26)20(16-34)14-17(3)4/h7-11,17,19-20,22-24,26,34H,1-2,12-16H2,3-6H3/t19?,20-,22+,23-,24+,26?,30?/m1/s1. The zero-order valence-electron chi connectivity index (χ0n) is 23.1. The molecule has 3 saturated heterocycles. The van der Waals surface area contributed by atoms with Gasteiger partial charge in [0.1, 0.15) is 12.6 Å². The summed E-state index contributed by atoms with van der Waals surface area (Å²) in [4.78, 5) is 45.8. The molecule has 0 aliphatic carbocycles. The average molecular weight is 575 g/mol. The summed E-state index contributed by atoms with van der Waals surface area (Å²) < 4.78 is 4.63. The fourth-order valence-electron chi connectivity index (χ4n) is 6.99. The molecule has 0 saturated carbocycles. The maximum atomic E-state index is 14.8. The lowest BCUT2D eigenvalue weighted by Gasteiger charge is -2.42. The van der Waals surface area contributed by atoms with Gasteiger partial charge in [0.25, 0.3) is 5.91 Å². The van der Waals surface area contributed by atoms with Crippen LogP contribution in [0.5, 0.6) is 0 Å². The third kappa shape index (κ3) is 4.82. The van der Waals surface area contributed by atoms with Gasteiger partial charge in [0.15, 0.2) is 0 Å². The number of likely N-dealkylation sites (tertiary alicyclic amines) is 1. The summed E-state index contributed by atoms with van der Waals surface area (Å²) in [5.41, 5.74) is 1.40. The Morgan fingerprint density at radius 3 is 2.64 bits per heavy atom. The average Bonchev–Trinajstić information content (AvgIpc) is 3.48. The highest BCUT2D eigenvalue weighted by atomic mass is 35.5. The molecule has 39 heavy (non-hydrogen) atoms. The summed E-state index contributed by atoms with van der Waals surface area (Å²) >= 11 is 8.22. The van der Waals surface area contributed by atoms with Gasteiger partial charge in [0, 0.05) is 11.8 Å². The molecule has 3 unspecified atom stereocenters. The number of carbonyl (C=O) groups excluding carboxylic acids is 3. The molecular weight excluding hydrogens is 536 g/mol. The summed E-state index contributed by atoms with van der Waals surface area (Å²) in [5.74, 6) is -2.18. The molecule has 7 atom stereocenters. The summed E-state index contributed by atoms with van der Waals surface area (Å²) in [7, 11) is 0. The number of benzene rings is 1. The molecule has 0 aromatic heterocycles. The van der Waals surface area contributed by atoms with Crippen molar-refractivity contribution in [1.29, 1.82) is 0 Å². The first-order valence-electron chi connectivity index (χ1n) is 13.6. The Kier molecular flexibility index (Phi) is 8.89. The fourth-order valence-corrected chi connectivity index (χ4v) is 9.70. The largest absolute Gasteiger partial charge is 0.461 e. The quantitative estimate of drug-likeness (QED) is 0.306. The number of aliphatic hydroxyl groups excluding tert-OH is 1. The van der Waals surface area contributed by atoms with Crippen molar-refractivity contribution in [2.24, 2.45) is 23.7 Å². The lowest BCUT2D eigenvalue weighted by Crippen LogP contribution is -2.59. The van der Waals surface area contributed by atoms with E-state index in [9.17, 15) is 19.5 Å². The number of halogens is 1. The number of para-hydroxylation sites is 1. The van der Waals surface area contributed by atoms with Crippen molar-refractivity contribution in [2.45, 2.75) is 62.6 Å². The smallest absolute Gasteiger partial charge is 0.311 e. The number of amides is 2. The molecule has 3 aliphatic heterocycles. The summed E-state index contributed by atoms with van der Waals surface area (Å²) in [6.45, 7) is 15.5. The minimum Gasteiger partial charge on any atom is -0.461 e. The molecular formula is C30H39ClN2O5S. The minimum absolute atomic E-state index is 0.0137. The zero-order valence-corrected chi connectivity index (χ0v) is 24.7. The molecule has 3 aliphatic rings. The molecule has 1 aromatic carbocycles. The van der Waals surface area contributed by atoms with Crippen molar-refractivity contribution in [3.8, 4) is 0 Å². The highest BCUT2D eigenvalue weighted by molar-refractivity contribution is 8.02. The highest BCUT2D eigenvalue weighted by Crippen LogP contribution is 2.69. The Morgan fingerprint density at radius 2 is 2.05 bits per heavy atom. The molecule has 1 spiro atoms. The lowest BCUT2D eigenvalue weighted by atomic mass is 9.66. The van der Waals surface area contributed by atoms with Crippen molar-refractivity contribution < 1.29 is 24.2 Å². The Labute approximate surface area is 240 Å². The van der Waals surface area contributed by atoms with Gasteiger partial charge in [-0.25, -0.2) is 0 Å². The molecule has 4 rings (SSSR count). The normalized spacial score (nSPS) is 29.9. The topological polar surface area (TPSA) is 87.2 Å². The van der Waals surface area contributed by atoms with Crippen molar-refractivity contribution >= 4 is 46.8 Å². The van der Waals surface area contributed by atoms with Gasteiger partial charge in [-0.05, 0) is 43.2 Å². The van der Waals surface area contributed by atoms with Crippen molar-refractivity contribution in [2.75, 3.05) is 24.7 Å². The molecule has 1 N–H and O–H groups in total. The number of hydrogen-bond acceptors (Lipinski definition) is 6. The van der Waals surface area contributed by atoms with Crippen LogP contribution in [0, 0.1) is 30.6 Å². The Balaban J connectivity index is 1.88. The van der Waals surface area contributed by atoms with Crippen LogP contribution in [0.15, 0.2) is 43.5 Å². The second kappa shape index (κ2) is 11.7. The fraction of sp³-hybridized carbons (Fsp3) is 0.567. The summed E-state index contributed by atoms with van der Waals surface area (Å²) in [6, 6.07) is 4.01. The Hall–Kier alpha value is -2.29. The van der Waals surface area contributed by atoms with E-state index in [1.807, 2.05) is 32.9 Å². The second-order valence-electron chi connectivity index (χ2n) is 11.3. The lowest BCUT2D eigenvalue weighted by molar-refractivity contribution is -0.154. The van der Waals surface area contributed by atoms with Crippen LogP contribution in [0.25, 0.3) is 0 Å². The number of ether oxygens (including phenoxy) is 1. The molecule has 2 amide bonds. The number of thioether (sulfide) groups is 1. The molecule has 2 bridgehead atoms. The van der Waals surface area contributed by atoms with E-state index < -0.39 is 34.6 Å². The van der Waals surface area contributed by atoms with Crippen LogP contribution in [0.4, 0.5) is 5.69 Å². The third-order valence-electron chi connectivity index (χ3n) is 8.42. The van der Waals surface area contributed by atoms with Crippen LogP contribution in [-0.4, -0.2) is 69.6 Å². The van der Waals surface area contributed by atoms with E-state index in [1.165, 1.54) is 6.08 Å². The zero-order chi connectivity index (χ0) is 28.6. The number of aliphatic hydroxyl groups is 1. The van der Waals surface area contributed by atoms with Crippen LogP contribution in [0.3, 0.4) is 0 Å². The van der Waals surface area contributed by atoms with Gasteiger partial charge in [-0.2, -0.15) is 0 Å². The first kappa shape index (κ1) is 29.7. The molecule has 212 valence electrons. The predicted octanol–water partition coefficient (Wildman–Crippen LogP) is 4.64. The van der Waals surface area contributed by atoms with Gasteiger partial charge in [-0.15, -0.1) is 18.3 Å². The molecule has 1 aromatic rings. The second-order valence-corrected chi connectivity index (χ2v) is 13.3. The number of hydrogen-bond donors (Lipinski definition) is 1. The van der Waals surface area contributed by atoms with Crippen LogP contribution in [0.1, 0.15) is 39.2 Å². The first-order valence-corrected chi connectivity index (χ1v) is 14.9. The van der Waals surface area contributed by atoms with Crippen molar-refractivity contribution in [1.82, 2.24) is 4.90 Å². The van der Waals surface area contributed by atoms with Gasteiger partial charge in [0.2, 0.25) is 5.91 Å². The molecule has 0 radical (unpaired) electrons. The van der Waals surface area contributed by atoms with E-state index in [2.05, 4.69) is 20.1 Å². The summed E-state index contributed by atoms with van der Waals surface area (Å²) in [6.07, 6.45) is 4.37. The number of aryl methyl sites for hydroxylation is 1. The van der Waals surface area contributed by atoms with Gasteiger partial charge >= 0.3 is 5.97 Å². The number of nitrogens with zero attached hydrogens (tertiary/aromatic N) is 2. The monoisotopic (exact) mass is 574 g/mol. The van der Waals surface area contributed by atoms with Gasteiger partial charge < -0.3 is 19.6 Å². The van der Waals surface area contributed by atoms with E-state index in [4.69, 9.17) is 16.3 Å². The van der Waals surface area contributed by atoms with E-state index in [-0.39, 0.29) is 48.7 Å². The molecule has 9 heteroatoms. The van der Waals surface area contributed by atoms with E-state index in [0.717, 1.165) is 5.56 Å².